The van der Waals surface area contributed by atoms with Gasteiger partial charge in [0.2, 0.25) is 0 Å². The Bertz CT molecular complexity index is 643. The van der Waals surface area contributed by atoms with Crippen LogP contribution in [-0.4, -0.2) is 24.0 Å². The predicted octanol–water partition coefficient (Wildman–Crippen LogP) is 3.17. The fraction of sp³-hybridized carbons (Fsp3) is 0.294. The highest BCUT2D eigenvalue weighted by molar-refractivity contribution is 6.30. The molecule has 1 aromatic heterocycles. The first-order chi connectivity index (χ1) is 11.2. The Balaban J connectivity index is 1.89. The number of aromatic nitrogens is 1. The summed E-state index contributed by atoms with van der Waals surface area (Å²) in [7, 11) is 0. The van der Waals surface area contributed by atoms with Gasteiger partial charge in [-0.1, -0.05) is 23.7 Å². The quantitative estimate of drug-likeness (QED) is 0.630. The molecule has 4 nitrogen and oxygen atoms in total. The normalized spacial score (nSPS) is 11.3. The van der Waals surface area contributed by atoms with Crippen LogP contribution in [0.25, 0.3) is 0 Å². The topological polar surface area (TPSA) is 49.3 Å². The maximum atomic E-state index is 13.5. The molecule has 0 radical (unpaired) electrons. The van der Waals surface area contributed by atoms with Gasteiger partial charge in [-0.25, -0.2) is 9.38 Å². The highest BCUT2D eigenvalue weighted by Gasteiger charge is 2.03. The Kier molecular flexibility index (Phi) is 6.81. The molecule has 0 aliphatic carbocycles. The van der Waals surface area contributed by atoms with E-state index in [1.807, 2.05) is 31.2 Å². The number of aliphatic imine (C=N–C) groups is 1. The van der Waals surface area contributed by atoms with Gasteiger partial charge in [0.25, 0.3) is 0 Å². The van der Waals surface area contributed by atoms with Crippen LogP contribution in [0, 0.1) is 5.82 Å². The smallest absolute Gasteiger partial charge is 0.191 e. The van der Waals surface area contributed by atoms with Crippen LogP contribution < -0.4 is 10.6 Å². The number of nitrogens with zero attached hydrogens (tertiary/aromatic N) is 2. The number of pyridine rings is 1. The molecule has 0 unspecified atom stereocenters. The largest absolute Gasteiger partial charge is 0.357 e. The van der Waals surface area contributed by atoms with E-state index in [1.54, 1.807) is 12.3 Å². The predicted molar refractivity (Wildman–Crippen MR) is 92.2 cm³/mol. The molecule has 0 fully saturated rings. The molecule has 0 amide bonds. The number of halogens is 2. The van der Waals surface area contributed by atoms with E-state index in [0.29, 0.717) is 11.7 Å². The summed E-state index contributed by atoms with van der Waals surface area (Å²) in [4.78, 5) is 8.36. The SMILES string of the molecule is CCNC(=NCc1ncccc1F)NCCc1ccc(Cl)cc1. The molecule has 0 saturated heterocycles. The summed E-state index contributed by atoms with van der Waals surface area (Å²) >= 11 is 5.87. The number of benzene rings is 1. The Hall–Kier alpha value is -2.14. The minimum atomic E-state index is -0.340. The monoisotopic (exact) mass is 334 g/mol. The third kappa shape index (κ3) is 5.87. The van der Waals surface area contributed by atoms with Gasteiger partial charge < -0.3 is 10.6 Å². The van der Waals surface area contributed by atoms with Crippen LogP contribution in [0.15, 0.2) is 47.6 Å². The molecule has 23 heavy (non-hydrogen) atoms. The zero-order valence-electron chi connectivity index (χ0n) is 13.0. The van der Waals surface area contributed by atoms with E-state index in [9.17, 15) is 4.39 Å². The third-order valence-corrected chi connectivity index (χ3v) is 3.44. The summed E-state index contributed by atoms with van der Waals surface area (Å²) in [6, 6.07) is 10.7. The van der Waals surface area contributed by atoms with Crippen molar-refractivity contribution < 1.29 is 4.39 Å². The van der Waals surface area contributed by atoms with Gasteiger partial charge in [0.15, 0.2) is 5.96 Å². The van der Waals surface area contributed by atoms with Crippen LogP contribution >= 0.6 is 11.6 Å². The average molecular weight is 335 g/mol. The molecule has 122 valence electrons. The molecule has 0 bridgehead atoms. The van der Waals surface area contributed by atoms with Gasteiger partial charge in [-0.15, -0.1) is 0 Å². The van der Waals surface area contributed by atoms with Crippen LogP contribution in [0.5, 0.6) is 0 Å². The molecule has 0 aliphatic rings. The molecule has 0 atom stereocenters. The molecule has 0 aliphatic heterocycles. The summed E-state index contributed by atoms with van der Waals surface area (Å²) < 4.78 is 13.5. The van der Waals surface area contributed by atoms with Gasteiger partial charge in [0.1, 0.15) is 5.82 Å². The summed E-state index contributed by atoms with van der Waals surface area (Å²) in [5.41, 5.74) is 1.52. The zero-order valence-corrected chi connectivity index (χ0v) is 13.8. The van der Waals surface area contributed by atoms with Crippen molar-refractivity contribution >= 4 is 17.6 Å². The van der Waals surface area contributed by atoms with Crippen molar-refractivity contribution in [3.05, 3.63) is 64.7 Å². The molecule has 1 aromatic carbocycles. The van der Waals surface area contributed by atoms with Gasteiger partial charge in [0.05, 0.1) is 12.2 Å². The van der Waals surface area contributed by atoms with Crippen LogP contribution in [-0.2, 0) is 13.0 Å². The molecule has 2 aromatic rings. The first kappa shape index (κ1) is 17.2. The molecule has 2 rings (SSSR count). The summed E-state index contributed by atoms with van der Waals surface area (Å²) in [6.07, 6.45) is 2.41. The Labute approximate surface area is 140 Å². The van der Waals surface area contributed by atoms with E-state index in [4.69, 9.17) is 11.6 Å². The number of rotatable bonds is 6. The molecule has 0 spiro atoms. The molecule has 6 heteroatoms. The lowest BCUT2D eigenvalue weighted by atomic mass is 10.1. The second-order valence-corrected chi connectivity index (χ2v) is 5.37. The average Bonchev–Trinajstić information content (AvgIpc) is 2.56. The Morgan fingerprint density at radius 2 is 2.00 bits per heavy atom. The fourth-order valence-corrected chi connectivity index (χ4v) is 2.13. The van der Waals surface area contributed by atoms with Gasteiger partial charge in [0, 0.05) is 24.3 Å². The molecule has 2 N–H and O–H groups in total. The van der Waals surface area contributed by atoms with Gasteiger partial charge >= 0.3 is 0 Å². The Morgan fingerprint density at radius 3 is 2.70 bits per heavy atom. The first-order valence-electron chi connectivity index (χ1n) is 7.55. The van der Waals surface area contributed by atoms with Crippen molar-refractivity contribution in [2.75, 3.05) is 13.1 Å². The van der Waals surface area contributed by atoms with Crippen molar-refractivity contribution in [2.24, 2.45) is 4.99 Å². The highest BCUT2D eigenvalue weighted by atomic mass is 35.5. The van der Waals surface area contributed by atoms with E-state index in [1.165, 1.54) is 11.6 Å². The number of guanidine groups is 1. The van der Waals surface area contributed by atoms with E-state index in [-0.39, 0.29) is 12.4 Å². The van der Waals surface area contributed by atoms with Crippen LogP contribution in [0.2, 0.25) is 5.02 Å². The fourth-order valence-electron chi connectivity index (χ4n) is 2.01. The van der Waals surface area contributed by atoms with E-state index >= 15 is 0 Å². The molecular weight excluding hydrogens is 315 g/mol. The van der Waals surface area contributed by atoms with E-state index in [0.717, 1.165) is 24.5 Å². The molecule has 0 saturated carbocycles. The molecule has 1 heterocycles. The first-order valence-corrected chi connectivity index (χ1v) is 7.93. The van der Waals surface area contributed by atoms with E-state index < -0.39 is 0 Å². The standard InChI is InChI=1S/C17H20ClFN4/c1-2-20-17(23-12-16-15(19)4-3-10-21-16)22-11-9-13-5-7-14(18)8-6-13/h3-8,10H,2,9,11-12H2,1H3,(H2,20,22,23). The lowest BCUT2D eigenvalue weighted by Gasteiger charge is -2.11. The zero-order chi connectivity index (χ0) is 16.5. The second-order valence-electron chi connectivity index (χ2n) is 4.93. The van der Waals surface area contributed by atoms with Crippen LogP contribution in [0.3, 0.4) is 0 Å². The van der Waals surface area contributed by atoms with Crippen molar-refractivity contribution in [1.29, 1.82) is 0 Å². The van der Waals surface area contributed by atoms with Gasteiger partial charge in [-0.3, -0.25) is 4.98 Å². The maximum Gasteiger partial charge on any atom is 0.191 e. The summed E-state index contributed by atoms with van der Waals surface area (Å²) in [5, 5.41) is 7.09. The highest BCUT2D eigenvalue weighted by Crippen LogP contribution is 2.09. The van der Waals surface area contributed by atoms with Gasteiger partial charge in [-0.2, -0.15) is 0 Å². The third-order valence-electron chi connectivity index (χ3n) is 3.19. The summed E-state index contributed by atoms with van der Waals surface area (Å²) in [5.74, 6) is 0.305. The van der Waals surface area contributed by atoms with E-state index in [2.05, 4.69) is 20.6 Å². The lowest BCUT2D eigenvalue weighted by molar-refractivity contribution is 0.599. The van der Waals surface area contributed by atoms with Crippen molar-refractivity contribution in [1.82, 2.24) is 15.6 Å². The van der Waals surface area contributed by atoms with Gasteiger partial charge in [-0.05, 0) is 43.2 Å². The minimum Gasteiger partial charge on any atom is -0.357 e. The van der Waals surface area contributed by atoms with Crippen molar-refractivity contribution in [3.8, 4) is 0 Å². The van der Waals surface area contributed by atoms with Crippen LogP contribution in [0.4, 0.5) is 4.39 Å². The Morgan fingerprint density at radius 1 is 1.22 bits per heavy atom. The van der Waals surface area contributed by atoms with Crippen molar-refractivity contribution in [2.45, 2.75) is 19.9 Å². The summed E-state index contributed by atoms with van der Waals surface area (Å²) in [6.45, 7) is 3.64. The maximum absolute atomic E-state index is 13.5. The van der Waals surface area contributed by atoms with Crippen molar-refractivity contribution in [3.63, 3.8) is 0 Å². The second kappa shape index (κ2) is 9.10. The lowest BCUT2D eigenvalue weighted by Crippen LogP contribution is -2.38. The minimum absolute atomic E-state index is 0.197. The molecular formula is C17H20ClFN4. The number of hydrogen-bond donors (Lipinski definition) is 2. The number of hydrogen-bond acceptors (Lipinski definition) is 2. The number of nitrogens with one attached hydrogen (secondary N) is 2. The van der Waals surface area contributed by atoms with Crippen LogP contribution in [0.1, 0.15) is 18.2 Å².